The van der Waals surface area contributed by atoms with Gasteiger partial charge in [0.25, 0.3) is 0 Å². The second-order valence-electron chi connectivity index (χ2n) is 13.0. The van der Waals surface area contributed by atoms with Gasteiger partial charge in [0.15, 0.2) is 23.0 Å². The fourth-order valence-corrected chi connectivity index (χ4v) is 6.53. The van der Waals surface area contributed by atoms with E-state index >= 15 is 4.39 Å². The molecule has 3 N–H and O–H groups in total. The third-order valence-electron chi connectivity index (χ3n) is 8.44. The molecule has 6 rings (SSSR count). The van der Waals surface area contributed by atoms with Crippen LogP contribution in [0.4, 0.5) is 10.1 Å². The van der Waals surface area contributed by atoms with Crippen molar-refractivity contribution < 1.29 is 47.8 Å². The van der Waals surface area contributed by atoms with Crippen molar-refractivity contribution in [2.45, 2.75) is 58.2 Å². The summed E-state index contributed by atoms with van der Waals surface area (Å²) in [7, 11) is 0. The summed E-state index contributed by atoms with van der Waals surface area (Å²) in [5, 5.41) is 24.3. The summed E-state index contributed by atoms with van der Waals surface area (Å²) in [6.45, 7) is 9.10. The van der Waals surface area contributed by atoms with Crippen LogP contribution in [0.15, 0.2) is 42.5 Å². The lowest BCUT2D eigenvalue weighted by atomic mass is 9.69. The molecule has 0 radical (unpaired) electrons. The molecule has 0 aliphatic carbocycles. The molecule has 10 nitrogen and oxygen atoms in total. The average Bonchev–Trinajstić information content (AvgIpc) is 3.34. The molecule has 47 heavy (non-hydrogen) atoms. The molecule has 3 aromatic carbocycles. The van der Waals surface area contributed by atoms with Gasteiger partial charge in [0.1, 0.15) is 62.4 Å². The molecule has 11 heteroatoms. The number of hydrogen-bond donors (Lipinski definition) is 3. The van der Waals surface area contributed by atoms with Crippen LogP contribution in [-0.4, -0.2) is 68.0 Å². The Bertz CT molecular complexity index is 1540. The van der Waals surface area contributed by atoms with Crippen LogP contribution >= 0.6 is 0 Å². The molecule has 0 fully saturated rings. The maximum atomic E-state index is 15.5. The SMILES string of the molecule is CC(C)C[C@@H](O)COc1cc2c(cc1C1(c3cc4c(cc3OC[C@H](O)CC(C)C)OCCO4)C(=O)Nc3c(F)cccc31)OCCO2. The Morgan fingerprint density at radius 3 is 1.64 bits per heavy atom. The van der Waals surface area contributed by atoms with Gasteiger partial charge in [0.2, 0.25) is 5.91 Å². The maximum Gasteiger partial charge on any atom is 0.244 e. The quantitative estimate of drug-likeness (QED) is 0.242. The van der Waals surface area contributed by atoms with Crippen LogP contribution in [0.1, 0.15) is 57.2 Å². The molecule has 2 atom stereocenters. The number of rotatable bonds is 12. The van der Waals surface area contributed by atoms with Crippen LogP contribution in [0.2, 0.25) is 0 Å². The third-order valence-corrected chi connectivity index (χ3v) is 8.44. The Morgan fingerprint density at radius 1 is 0.745 bits per heavy atom. The Labute approximate surface area is 273 Å². The van der Waals surface area contributed by atoms with E-state index in [1.165, 1.54) is 6.07 Å². The van der Waals surface area contributed by atoms with Crippen LogP contribution in [0.3, 0.4) is 0 Å². The van der Waals surface area contributed by atoms with Crippen molar-refractivity contribution >= 4 is 11.6 Å². The molecule has 0 aromatic heterocycles. The highest BCUT2D eigenvalue weighted by molar-refractivity contribution is 6.12. The average molecular weight is 652 g/mol. The van der Waals surface area contributed by atoms with Gasteiger partial charge in [0.05, 0.1) is 17.9 Å². The first-order chi connectivity index (χ1) is 22.6. The minimum atomic E-state index is -1.76. The number of carbonyl (C=O) groups excluding carboxylic acids is 1. The van der Waals surface area contributed by atoms with Crippen molar-refractivity contribution in [2.75, 3.05) is 45.0 Å². The van der Waals surface area contributed by atoms with Gasteiger partial charge in [-0.25, -0.2) is 4.39 Å². The van der Waals surface area contributed by atoms with Crippen molar-refractivity contribution in [2.24, 2.45) is 11.8 Å². The van der Waals surface area contributed by atoms with Gasteiger partial charge >= 0.3 is 0 Å². The number of fused-ring (bicyclic) bond motifs is 3. The van der Waals surface area contributed by atoms with E-state index in [2.05, 4.69) is 5.32 Å². The maximum absolute atomic E-state index is 15.5. The molecule has 0 bridgehead atoms. The number of nitrogens with one attached hydrogen (secondary N) is 1. The second-order valence-corrected chi connectivity index (χ2v) is 13.0. The van der Waals surface area contributed by atoms with Gasteiger partial charge in [-0.2, -0.15) is 0 Å². The minimum Gasteiger partial charge on any atom is -0.490 e. The number of aliphatic hydroxyl groups excluding tert-OH is 2. The van der Waals surface area contributed by atoms with Gasteiger partial charge in [0, 0.05) is 28.8 Å². The Morgan fingerprint density at radius 2 is 1.19 bits per heavy atom. The highest BCUT2D eigenvalue weighted by Gasteiger charge is 2.55. The molecule has 252 valence electrons. The van der Waals surface area contributed by atoms with Crippen molar-refractivity contribution in [1.29, 1.82) is 0 Å². The van der Waals surface area contributed by atoms with Crippen molar-refractivity contribution in [1.82, 2.24) is 0 Å². The van der Waals surface area contributed by atoms with Crippen molar-refractivity contribution in [3.63, 3.8) is 0 Å². The zero-order valence-corrected chi connectivity index (χ0v) is 27.1. The fraction of sp³-hybridized carbons (Fsp3) is 0.472. The molecule has 3 heterocycles. The predicted octanol–water partition coefficient (Wildman–Crippen LogP) is 5.23. The lowest BCUT2D eigenvalue weighted by Crippen LogP contribution is -2.38. The normalized spacial score (nSPS) is 17.3. The Balaban J connectivity index is 1.60. The Hall–Kier alpha value is -4.22. The van der Waals surface area contributed by atoms with Crippen molar-refractivity contribution in [3.05, 3.63) is 65.0 Å². The fourth-order valence-electron chi connectivity index (χ4n) is 6.53. The molecule has 0 unspecified atom stereocenters. The smallest absolute Gasteiger partial charge is 0.244 e. The van der Waals surface area contributed by atoms with E-state index in [1.54, 1.807) is 36.4 Å². The van der Waals surface area contributed by atoms with Crippen molar-refractivity contribution in [3.8, 4) is 34.5 Å². The first kappa shape index (κ1) is 32.7. The zero-order chi connectivity index (χ0) is 33.3. The lowest BCUT2D eigenvalue weighted by molar-refractivity contribution is -0.118. The monoisotopic (exact) mass is 651 g/mol. The molecule has 0 saturated carbocycles. The molecule has 3 aromatic rings. The largest absolute Gasteiger partial charge is 0.490 e. The molecular formula is C36H42FNO9. The third kappa shape index (κ3) is 6.38. The number of benzene rings is 3. The van der Waals surface area contributed by atoms with Crippen LogP contribution in [0.5, 0.6) is 34.5 Å². The van der Waals surface area contributed by atoms with Crippen LogP contribution in [0, 0.1) is 17.7 Å². The molecule has 0 spiro atoms. The highest BCUT2D eigenvalue weighted by atomic mass is 19.1. The van der Waals surface area contributed by atoms with Gasteiger partial charge in [-0.15, -0.1) is 0 Å². The lowest BCUT2D eigenvalue weighted by Gasteiger charge is -2.34. The van der Waals surface area contributed by atoms with E-state index in [0.717, 1.165) is 0 Å². The standard InChI is InChI=1S/C36H42FNO9/c1-20(2)12-22(39)18-46-28-16-32-30(42-8-10-44-32)14-25(28)36(24-6-5-7-27(37)34(24)38-35(36)41)26-15-31-33(45-11-9-43-31)17-29(26)47-19-23(40)13-21(3)4/h5-7,14-17,20-23,39-40H,8-13,18-19H2,1-4H3,(H,38,41)/t22-,23-/m1/s1. The number of amides is 1. The number of anilines is 1. The summed E-state index contributed by atoms with van der Waals surface area (Å²) >= 11 is 0. The van der Waals surface area contributed by atoms with E-state index in [1.807, 2.05) is 27.7 Å². The van der Waals surface area contributed by atoms with Gasteiger partial charge in [-0.05, 0) is 42.9 Å². The van der Waals surface area contributed by atoms with E-state index in [0.29, 0.717) is 65.7 Å². The molecule has 3 aliphatic rings. The topological polar surface area (TPSA) is 125 Å². The summed E-state index contributed by atoms with van der Waals surface area (Å²) in [6.07, 6.45) is -0.578. The second kappa shape index (κ2) is 13.5. The van der Waals surface area contributed by atoms with Crippen LogP contribution in [-0.2, 0) is 10.2 Å². The predicted molar refractivity (Wildman–Crippen MR) is 172 cm³/mol. The van der Waals surface area contributed by atoms with E-state index < -0.39 is 29.3 Å². The molecular weight excluding hydrogens is 609 g/mol. The number of hydrogen-bond acceptors (Lipinski definition) is 9. The van der Waals surface area contributed by atoms with E-state index in [9.17, 15) is 15.0 Å². The summed E-state index contributed by atoms with van der Waals surface area (Å²) in [5.74, 6) is 1.33. The van der Waals surface area contributed by atoms with E-state index in [-0.39, 0.29) is 55.4 Å². The molecule has 0 saturated heterocycles. The first-order valence-electron chi connectivity index (χ1n) is 16.2. The first-order valence-corrected chi connectivity index (χ1v) is 16.2. The Kier molecular flexibility index (Phi) is 9.39. The van der Waals surface area contributed by atoms with Gasteiger partial charge in [-0.3, -0.25) is 4.79 Å². The summed E-state index contributed by atoms with van der Waals surface area (Å²) in [4.78, 5) is 14.7. The van der Waals surface area contributed by atoms with Crippen LogP contribution in [0.25, 0.3) is 0 Å². The van der Waals surface area contributed by atoms with Gasteiger partial charge in [-0.1, -0.05) is 39.8 Å². The summed E-state index contributed by atoms with van der Waals surface area (Å²) in [6, 6.07) is 11.1. The zero-order valence-electron chi connectivity index (χ0n) is 27.1. The molecule has 3 aliphatic heterocycles. The number of carbonyl (C=O) groups is 1. The van der Waals surface area contributed by atoms with E-state index in [4.69, 9.17) is 28.4 Å². The summed E-state index contributed by atoms with van der Waals surface area (Å²) in [5.41, 5.74) is -0.788. The summed E-state index contributed by atoms with van der Waals surface area (Å²) < 4.78 is 51.9. The number of para-hydroxylation sites is 1. The minimum absolute atomic E-state index is 0.0128. The number of ether oxygens (including phenoxy) is 6. The number of halogens is 1. The van der Waals surface area contributed by atoms with Gasteiger partial charge < -0.3 is 44.0 Å². The highest BCUT2D eigenvalue weighted by Crippen LogP contribution is 2.57. The molecule has 1 amide bonds. The van der Waals surface area contributed by atoms with Crippen LogP contribution < -0.4 is 33.7 Å². The number of aliphatic hydroxyl groups is 2.